The second kappa shape index (κ2) is 6.54. The molecule has 0 aliphatic carbocycles. The van der Waals surface area contributed by atoms with E-state index in [9.17, 15) is 4.79 Å². The highest BCUT2D eigenvalue weighted by molar-refractivity contribution is 5.85. The molecule has 0 radical (unpaired) electrons. The Balaban J connectivity index is 2.04. The van der Waals surface area contributed by atoms with Gasteiger partial charge in [-0.25, -0.2) is 4.79 Å². The number of aliphatic hydroxyl groups is 1. The van der Waals surface area contributed by atoms with Gasteiger partial charge in [0.25, 0.3) is 0 Å². The summed E-state index contributed by atoms with van der Waals surface area (Å²) in [7, 11) is 0. The molecule has 0 bridgehead atoms. The SMILES string of the molecule is O=C(O)C=Cc1ccc(Oc2ccc(CO)cc2)cc1. The van der Waals surface area contributed by atoms with Crippen LogP contribution < -0.4 is 4.74 Å². The van der Waals surface area contributed by atoms with E-state index < -0.39 is 5.97 Å². The second-order valence-electron chi connectivity index (χ2n) is 4.14. The molecule has 20 heavy (non-hydrogen) atoms. The molecule has 2 aromatic carbocycles. The molecule has 0 amide bonds. The van der Waals surface area contributed by atoms with Crippen molar-refractivity contribution in [2.75, 3.05) is 0 Å². The Hall–Kier alpha value is -2.59. The van der Waals surface area contributed by atoms with E-state index in [4.69, 9.17) is 14.9 Å². The predicted octanol–water partition coefficient (Wildman–Crippen LogP) is 3.07. The van der Waals surface area contributed by atoms with Crippen LogP contribution in [0.1, 0.15) is 11.1 Å². The van der Waals surface area contributed by atoms with Crippen LogP contribution in [-0.4, -0.2) is 16.2 Å². The molecular weight excluding hydrogens is 256 g/mol. The summed E-state index contributed by atoms with van der Waals surface area (Å²) >= 11 is 0. The number of ether oxygens (including phenoxy) is 1. The molecule has 0 fully saturated rings. The van der Waals surface area contributed by atoms with E-state index >= 15 is 0 Å². The molecule has 0 saturated heterocycles. The van der Waals surface area contributed by atoms with E-state index in [0.717, 1.165) is 17.2 Å². The van der Waals surface area contributed by atoms with E-state index in [1.807, 2.05) is 0 Å². The average Bonchev–Trinajstić information content (AvgIpc) is 2.47. The Morgan fingerprint density at radius 2 is 1.55 bits per heavy atom. The third-order valence-corrected chi connectivity index (χ3v) is 2.64. The number of aliphatic hydroxyl groups excluding tert-OH is 1. The fourth-order valence-electron chi connectivity index (χ4n) is 1.61. The van der Waals surface area contributed by atoms with Gasteiger partial charge in [-0.1, -0.05) is 24.3 Å². The summed E-state index contributed by atoms with van der Waals surface area (Å²) in [4.78, 5) is 10.4. The molecule has 0 unspecified atom stereocenters. The Bertz CT molecular complexity index is 597. The van der Waals surface area contributed by atoms with Crippen molar-refractivity contribution in [2.24, 2.45) is 0 Å². The van der Waals surface area contributed by atoms with Gasteiger partial charge >= 0.3 is 5.97 Å². The van der Waals surface area contributed by atoms with E-state index in [-0.39, 0.29) is 6.61 Å². The minimum atomic E-state index is -0.978. The van der Waals surface area contributed by atoms with Gasteiger partial charge < -0.3 is 14.9 Å². The lowest BCUT2D eigenvalue weighted by atomic mass is 10.2. The van der Waals surface area contributed by atoms with E-state index in [2.05, 4.69) is 0 Å². The van der Waals surface area contributed by atoms with Crippen molar-refractivity contribution < 1.29 is 19.7 Å². The van der Waals surface area contributed by atoms with Crippen LogP contribution in [0.5, 0.6) is 11.5 Å². The van der Waals surface area contributed by atoms with Crippen LogP contribution in [0.15, 0.2) is 54.6 Å². The Labute approximate surface area is 116 Å². The van der Waals surface area contributed by atoms with Gasteiger partial charge in [0.05, 0.1) is 6.61 Å². The highest BCUT2D eigenvalue weighted by Crippen LogP contribution is 2.22. The topological polar surface area (TPSA) is 66.8 Å². The first-order chi connectivity index (χ1) is 9.67. The minimum absolute atomic E-state index is 0.00485. The standard InChI is InChI=1S/C16H14O4/c17-11-13-3-8-15(9-4-13)20-14-6-1-12(2-7-14)5-10-16(18)19/h1-10,17H,11H2,(H,18,19). The van der Waals surface area contributed by atoms with Gasteiger partial charge in [0.2, 0.25) is 0 Å². The summed E-state index contributed by atoms with van der Waals surface area (Å²) in [5.74, 6) is 0.361. The van der Waals surface area contributed by atoms with Crippen molar-refractivity contribution in [3.05, 3.63) is 65.7 Å². The van der Waals surface area contributed by atoms with E-state index in [1.54, 1.807) is 48.5 Å². The number of carboxylic acids is 1. The maximum Gasteiger partial charge on any atom is 0.328 e. The molecule has 0 aromatic heterocycles. The fraction of sp³-hybridized carbons (Fsp3) is 0.0625. The average molecular weight is 270 g/mol. The maximum absolute atomic E-state index is 10.4. The Morgan fingerprint density at radius 3 is 2.05 bits per heavy atom. The van der Waals surface area contributed by atoms with Crippen molar-refractivity contribution in [3.8, 4) is 11.5 Å². The molecular formula is C16H14O4. The van der Waals surface area contributed by atoms with E-state index in [0.29, 0.717) is 11.5 Å². The predicted molar refractivity (Wildman–Crippen MR) is 75.6 cm³/mol. The zero-order valence-corrected chi connectivity index (χ0v) is 10.7. The third-order valence-electron chi connectivity index (χ3n) is 2.64. The van der Waals surface area contributed by atoms with Gasteiger partial charge in [-0.2, -0.15) is 0 Å². The quantitative estimate of drug-likeness (QED) is 0.819. The van der Waals surface area contributed by atoms with Crippen molar-refractivity contribution >= 4 is 12.0 Å². The molecule has 4 nitrogen and oxygen atoms in total. The fourth-order valence-corrected chi connectivity index (χ4v) is 1.61. The number of carbonyl (C=O) groups is 1. The van der Waals surface area contributed by atoms with Gasteiger partial charge in [0.15, 0.2) is 0 Å². The third kappa shape index (κ3) is 3.96. The highest BCUT2D eigenvalue weighted by Gasteiger charge is 1.98. The second-order valence-corrected chi connectivity index (χ2v) is 4.14. The summed E-state index contributed by atoms with van der Waals surface area (Å²) < 4.78 is 5.64. The number of aliphatic carboxylic acids is 1. The van der Waals surface area contributed by atoms with Gasteiger partial charge in [-0.3, -0.25) is 0 Å². The minimum Gasteiger partial charge on any atom is -0.478 e. The first-order valence-electron chi connectivity index (χ1n) is 6.06. The van der Waals surface area contributed by atoms with Gasteiger partial charge in [-0.05, 0) is 41.5 Å². The molecule has 0 aliphatic heterocycles. The molecule has 0 saturated carbocycles. The lowest BCUT2D eigenvalue weighted by Crippen LogP contribution is -1.87. The highest BCUT2D eigenvalue weighted by atomic mass is 16.5. The van der Waals surface area contributed by atoms with Crippen LogP contribution in [0.25, 0.3) is 6.08 Å². The van der Waals surface area contributed by atoms with Crippen LogP contribution in [0, 0.1) is 0 Å². The van der Waals surface area contributed by atoms with Gasteiger partial charge in [-0.15, -0.1) is 0 Å². The molecule has 0 spiro atoms. The van der Waals surface area contributed by atoms with Crippen LogP contribution in [-0.2, 0) is 11.4 Å². The van der Waals surface area contributed by atoms with Gasteiger partial charge in [0.1, 0.15) is 11.5 Å². The summed E-state index contributed by atoms with van der Waals surface area (Å²) in [6.07, 6.45) is 2.60. The molecule has 0 aliphatic rings. The molecule has 2 rings (SSSR count). The van der Waals surface area contributed by atoms with Crippen LogP contribution in [0.2, 0.25) is 0 Å². The molecule has 4 heteroatoms. The molecule has 0 atom stereocenters. The lowest BCUT2D eigenvalue weighted by Gasteiger charge is -2.06. The monoisotopic (exact) mass is 270 g/mol. The molecule has 2 N–H and O–H groups in total. The normalized spacial score (nSPS) is 10.7. The van der Waals surface area contributed by atoms with E-state index in [1.165, 1.54) is 6.08 Å². The van der Waals surface area contributed by atoms with Crippen molar-refractivity contribution in [1.29, 1.82) is 0 Å². The first kappa shape index (κ1) is 13.8. The van der Waals surface area contributed by atoms with Crippen LogP contribution in [0.4, 0.5) is 0 Å². The lowest BCUT2D eigenvalue weighted by molar-refractivity contribution is -0.131. The van der Waals surface area contributed by atoms with Crippen LogP contribution >= 0.6 is 0 Å². The maximum atomic E-state index is 10.4. The first-order valence-corrected chi connectivity index (χ1v) is 6.06. The zero-order chi connectivity index (χ0) is 14.4. The van der Waals surface area contributed by atoms with Crippen molar-refractivity contribution in [1.82, 2.24) is 0 Å². The van der Waals surface area contributed by atoms with Crippen molar-refractivity contribution in [2.45, 2.75) is 6.61 Å². The largest absolute Gasteiger partial charge is 0.478 e. The number of rotatable bonds is 5. The number of hydrogen-bond acceptors (Lipinski definition) is 3. The zero-order valence-electron chi connectivity index (χ0n) is 10.7. The Kier molecular flexibility index (Phi) is 4.52. The number of hydrogen-bond donors (Lipinski definition) is 2. The van der Waals surface area contributed by atoms with Crippen LogP contribution in [0.3, 0.4) is 0 Å². The van der Waals surface area contributed by atoms with Crippen molar-refractivity contribution in [3.63, 3.8) is 0 Å². The summed E-state index contributed by atoms with van der Waals surface area (Å²) in [6.45, 7) is 0.00485. The molecule has 0 heterocycles. The molecule has 2 aromatic rings. The molecule has 102 valence electrons. The smallest absolute Gasteiger partial charge is 0.328 e. The van der Waals surface area contributed by atoms with Gasteiger partial charge in [0, 0.05) is 6.08 Å². The summed E-state index contributed by atoms with van der Waals surface area (Å²) in [5.41, 5.74) is 1.61. The number of carboxylic acid groups (broad SMARTS) is 1. The Morgan fingerprint density at radius 1 is 1.00 bits per heavy atom. The number of benzene rings is 2. The summed E-state index contributed by atoms with van der Waals surface area (Å²) in [6, 6.07) is 14.2. The summed E-state index contributed by atoms with van der Waals surface area (Å²) in [5, 5.41) is 17.5.